The van der Waals surface area contributed by atoms with Gasteiger partial charge >= 0.3 is 5.76 Å². The molecule has 1 unspecified atom stereocenters. The van der Waals surface area contributed by atoms with E-state index in [0.717, 1.165) is 17.0 Å². The summed E-state index contributed by atoms with van der Waals surface area (Å²) in [5.74, 6) is -0.862. The highest BCUT2D eigenvalue weighted by Crippen LogP contribution is 2.26. The fourth-order valence-corrected chi connectivity index (χ4v) is 4.21. The van der Waals surface area contributed by atoms with E-state index in [2.05, 4.69) is 41.5 Å². The van der Waals surface area contributed by atoms with Gasteiger partial charge in [-0.2, -0.15) is 0 Å². The number of hydrogen-bond acceptors (Lipinski definition) is 5. The number of aromatic nitrogens is 2. The molecule has 29 heavy (non-hydrogen) atoms. The Bertz CT molecular complexity index is 1230. The minimum Gasteiger partial charge on any atom is -0.408 e. The summed E-state index contributed by atoms with van der Waals surface area (Å²) >= 11 is 1.46. The van der Waals surface area contributed by atoms with Gasteiger partial charge < -0.3 is 9.73 Å². The van der Waals surface area contributed by atoms with Crippen molar-refractivity contribution in [2.75, 3.05) is 5.32 Å². The van der Waals surface area contributed by atoms with Crippen LogP contribution in [0.5, 0.6) is 0 Å². The summed E-state index contributed by atoms with van der Waals surface area (Å²) < 4.78 is 6.59. The molecule has 4 rings (SSSR count). The molecule has 0 spiro atoms. The van der Waals surface area contributed by atoms with Crippen molar-refractivity contribution in [3.05, 3.63) is 80.8 Å². The first-order chi connectivity index (χ1) is 13.9. The van der Waals surface area contributed by atoms with Crippen molar-refractivity contribution < 1.29 is 9.21 Å². The van der Waals surface area contributed by atoms with E-state index in [0.29, 0.717) is 16.2 Å². The molecule has 0 fully saturated rings. The number of oxazole rings is 1. The maximum Gasteiger partial charge on any atom is 0.420 e. The number of anilines is 1. The van der Waals surface area contributed by atoms with Crippen molar-refractivity contribution in [3.63, 3.8) is 0 Å². The van der Waals surface area contributed by atoms with Crippen LogP contribution in [0.1, 0.15) is 34.7 Å². The number of rotatable bonds is 5. The van der Waals surface area contributed by atoms with Gasteiger partial charge in [-0.05, 0) is 38.5 Å². The van der Waals surface area contributed by atoms with E-state index >= 15 is 0 Å². The molecule has 0 saturated heterocycles. The summed E-state index contributed by atoms with van der Waals surface area (Å²) in [6, 6.07) is 14.7. The lowest BCUT2D eigenvalue weighted by atomic mass is 10.1. The maximum atomic E-state index is 12.8. The molecular weight excluding hydrogens is 386 g/mol. The first kappa shape index (κ1) is 19.1. The predicted octanol–water partition coefficient (Wildman–Crippen LogP) is 4.46. The second-order valence-corrected chi connectivity index (χ2v) is 8.14. The number of benzene rings is 2. The fourth-order valence-electron chi connectivity index (χ4n) is 3.21. The number of carbonyl (C=O) groups excluding carboxylic acids is 1. The van der Waals surface area contributed by atoms with Crippen LogP contribution in [-0.4, -0.2) is 15.5 Å². The summed E-state index contributed by atoms with van der Waals surface area (Å²) in [7, 11) is 0. The summed E-state index contributed by atoms with van der Waals surface area (Å²) in [5.41, 5.74) is 4.37. The van der Waals surface area contributed by atoms with Gasteiger partial charge in [-0.15, -0.1) is 11.3 Å². The number of fused-ring (bicyclic) bond motifs is 1. The molecule has 0 bridgehead atoms. The van der Waals surface area contributed by atoms with Gasteiger partial charge in [-0.25, -0.2) is 9.78 Å². The van der Waals surface area contributed by atoms with Crippen LogP contribution in [-0.2, 0) is 11.2 Å². The molecule has 4 aromatic rings. The zero-order chi connectivity index (χ0) is 20.5. The standard InChI is InChI=1S/C22H21N3O3S/c1-13-8-10-16(11-9-13)12-19-14(2)23-21(29-19)24-20(26)15(3)25-17-6-4-5-7-18(17)28-22(25)27/h4-11,15H,12H2,1-3H3,(H,23,24,26). The normalized spacial score (nSPS) is 12.2. The molecule has 7 heteroatoms. The van der Waals surface area contributed by atoms with Crippen LogP contribution in [0.15, 0.2) is 57.7 Å². The second-order valence-electron chi connectivity index (χ2n) is 7.06. The quantitative estimate of drug-likeness (QED) is 0.530. The SMILES string of the molecule is Cc1ccc(Cc2sc(NC(=O)C(C)n3c(=O)oc4ccccc43)nc2C)cc1. The minimum atomic E-state index is -0.726. The van der Waals surface area contributed by atoms with Crippen LogP contribution in [0, 0.1) is 13.8 Å². The largest absolute Gasteiger partial charge is 0.420 e. The second kappa shape index (κ2) is 7.67. The van der Waals surface area contributed by atoms with Crippen molar-refractivity contribution in [2.24, 2.45) is 0 Å². The minimum absolute atomic E-state index is 0.311. The highest BCUT2D eigenvalue weighted by Gasteiger charge is 2.22. The van der Waals surface area contributed by atoms with E-state index < -0.39 is 11.8 Å². The van der Waals surface area contributed by atoms with Crippen LogP contribution >= 0.6 is 11.3 Å². The molecule has 6 nitrogen and oxygen atoms in total. The molecular formula is C22H21N3O3S. The number of amides is 1. The Labute approximate surface area is 171 Å². The Morgan fingerprint density at radius 3 is 2.66 bits per heavy atom. The highest BCUT2D eigenvalue weighted by molar-refractivity contribution is 7.15. The van der Waals surface area contributed by atoms with Crippen LogP contribution in [0.4, 0.5) is 5.13 Å². The Balaban J connectivity index is 1.53. The molecule has 148 valence electrons. The molecule has 2 heterocycles. The average molecular weight is 407 g/mol. The molecule has 0 saturated carbocycles. The molecule has 1 amide bonds. The number of nitrogens with one attached hydrogen (secondary N) is 1. The van der Waals surface area contributed by atoms with E-state index in [1.807, 2.05) is 6.92 Å². The van der Waals surface area contributed by atoms with E-state index in [4.69, 9.17) is 4.42 Å². The highest BCUT2D eigenvalue weighted by atomic mass is 32.1. The van der Waals surface area contributed by atoms with Crippen LogP contribution in [0.3, 0.4) is 0 Å². The van der Waals surface area contributed by atoms with Crippen LogP contribution in [0.25, 0.3) is 11.1 Å². The van der Waals surface area contributed by atoms with Gasteiger partial charge in [0.2, 0.25) is 5.91 Å². The molecule has 2 aromatic carbocycles. The lowest BCUT2D eigenvalue weighted by Crippen LogP contribution is -2.29. The van der Waals surface area contributed by atoms with E-state index in [9.17, 15) is 9.59 Å². The van der Waals surface area contributed by atoms with Gasteiger partial charge in [0.25, 0.3) is 0 Å². The number of nitrogens with zero attached hydrogens (tertiary/aromatic N) is 2. The lowest BCUT2D eigenvalue weighted by Gasteiger charge is -2.11. The van der Waals surface area contributed by atoms with Crippen molar-refractivity contribution in [1.29, 1.82) is 0 Å². The summed E-state index contributed by atoms with van der Waals surface area (Å²) in [4.78, 5) is 30.6. The number of aryl methyl sites for hydroxylation is 2. The number of hydrogen-bond donors (Lipinski definition) is 1. The maximum absolute atomic E-state index is 12.8. The third-order valence-corrected chi connectivity index (χ3v) is 5.97. The van der Waals surface area contributed by atoms with Gasteiger partial charge in [0.1, 0.15) is 6.04 Å². The molecule has 0 aliphatic heterocycles. The smallest absolute Gasteiger partial charge is 0.408 e. The molecule has 0 radical (unpaired) electrons. The van der Waals surface area contributed by atoms with E-state index in [1.54, 1.807) is 31.2 Å². The lowest BCUT2D eigenvalue weighted by molar-refractivity contribution is -0.118. The summed E-state index contributed by atoms with van der Waals surface area (Å²) in [5, 5.41) is 3.38. The Morgan fingerprint density at radius 1 is 1.17 bits per heavy atom. The topological polar surface area (TPSA) is 77.1 Å². The first-order valence-electron chi connectivity index (χ1n) is 9.35. The number of carbonyl (C=O) groups is 1. The third kappa shape index (κ3) is 3.86. The number of thiazole rings is 1. The summed E-state index contributed by atoms with van der Waals surface area (Å²) in [6.07, 6.45) is 0.765. The van der Waals surface area contributed by atoms with Gasteiger partial charge in [0, 0.05) is 11.3 Å². The zero-order valence-electron chi connectivity index (χ0n) is 16.4. The van der Waals surface area contributed by atoms with Crippen LogP contribution < -0.4 is 11.1 Å². The average Bonchev–Trinajstić information content (AvgIpc) is 3.21. The van der Waals surface area contributed by atoms with Gasteiger partial charge in [-0.1, -0.05) is 42.0 Å². The monoisotopic (exact) mass is 407 g/mol. The molecule has 1 N–H and O–H groups in total. The fraction of sp³-hybridized carbons (Fsp3) is 0.227. The third-order valence-electron chi connectivity index (χ3n) is 4.89. The van der Waals surface area contributed by atoms with Gasteiger partial charge in [-0.3, -0.25) is 9.36 Å². The van der Waals surface area contributed by atoms with Crippen molar-refractivity contribution in [3.8, 4) is 0 Å². The summed E-state index contributed by atoms with van der Waals surface area (Å²) in [6.45, 7) is 5.67. The zero-order valence-corrected chi connectivity index (χ0v) is 17.2. The van der Waals surface area contributed by atoms with E-state index in [1.165, 1.54) is 27.0 Å². The molecule has 0 aliphatic carbocycles. The Kier molecular flexibility index (Phi) is 5.07. The first-order valence-corrected chi connectivity index (χ1v) is 10.2. The van der Waals surface area contributed by atoms with Gasteiger partial charge in [0.05, 0.1) is 11.2 Å². The molecule has 1 atom stereocenters. The Morgan fingerprint density at radius 2 is 1.90 bits per heavy atom. The van der Waals surface area contributed by atoms with Crippen molar-refractivity contribution in [2.45, 2.75) is 33.2 Å². The van der Waals surface area contributed by atoms with Crippen LogP contribution in [0.2, 0.25) is 0 Å². The van der Waals surface area contributed by atoms with Crippen molar-refractivity contribution >= 4 is 33.5 Å². The predicted molar refractivity (Wildman–Crippen MR) is 115 cm³/mol. The molecule has 0 aliphatic rings. The van der Waals surface area contributed by atoms with E-state index in [-0.39, 0.29) is 5.91 Å². The number of para-hydroxylation sites is 2. The van der Waals surface area contributed by atoms with Crippen molar-refractivity contribution in [1.82, 2.24) is 9.55 Å². The molecule has 2 aromatic heterocycles. The van der Waals surface area contributed by atoms with Gasteiger partial charge in [0.15, 0.2) is 10.7 Å². The Hall–Kier alpha value is -3.19.